The first-order valence-electron chi connectivity index (χ1n) is 9.33. The summed E-state index contributed by atoms with van der Waals surface area (Å²) in [4.78, 5) is 25.6. The lowest BCUT2D eigenvalue weighted by Crippen LogP contribution is -2.49. The van der Waals surface area contributed by atoms with Crippen LogP contribution in [0, 0.1) is 5.92 Å². The Kier molecular flexibility index (Phi) is 7.95. The molecule has 158 valence electrons. The highest BCUT2D eigenvalue weighted by atomic mass is 32.2. The summed E-state index contributed by atoms with van der Waals surface area (Å²) in [6.07, 6.45) is 0. The van der Waals surface area contributed by atoms with Crippen LogP contribution >= 0.6 is 11.3 Å². The first-order chi connectivity index (χ1) is 13.6. The van der Waals surface area contributed by atoms with Crippen LogP contribution in [-0.4, -0.2) is 32.3 Å². The van der Waals surface area contributed by atoms with Crippen molar-refractivity contribution in [2.24, 2.45) is 5.92 Å². The predicted molar refractivity (Wildman–Crippen MR) is 114 cm³/mol. The number of carbonyl (C=O) groups is 2. The number of nitrogens with one attached hydrogen (secondary N) is 3. The summed E-state index contributed by atoms with van der Waals surface area (Å²) in [5.74, 6) is -0.721. The molecule has 0 saturated carbocycles. The van der Waals surface area contributed by atoms with Crippen molar-refractivity contribution < 1.29 is 18.0 Å². The number of amides is 2. The molecule has 29 heavy (non-hydrogen) atoms. The highest BCUT2D eigenvalue weighted by molar-refractivity contribution is 7.89. The maximum atomic E-state index is 12.6. The van der Waals surface area contributed by atoms with Crippen molar-refractivity contribution in [1.29, 1.82) is 0 Å². The molecule has 0 aliphatic heterocycles. The van der Waals surface area contributed by atoms with E-state index in [1.165, 1.54) is 23.5 Å². The van der Waals surface area contributed by atoms with Gasteiger partial charge in [0.1, 0.15) is 6.04 Å². The van der Waals surface area contributed by atoms with Gasteiger partial charge in [0.15, 0.2) is 0 Å². The van der Waals surface area contributed by atoms with E-state index in [4.69, 9.17) is 0 Å². The van der Waals surface area contributed by atoms with E-state index >= 15 is 0 Å². The summed E-state index contributed by atoms with van der Waals surface area (Å²) in [5.41, 5.74) is 0.650. The molecule has 2 amide bonds. The number of thiophene rings is 1. The number of rotatable bonds is 9. The first kappa shape index (κ1) is 23.1. The molecule has 1 aromatic carbocycles. The van der Waals surface area contributed by atoms with Crippen molar-refractivity contribution >= 4 is 33.2 Å². The second-order valence-electron chi connectivity index (χ2n) is 7.31. The van der Waals surface area contributed by atoms with Gasteiger partial charge >= 0.3 is 0 Å². The van der Waals surface area contributed by atoms with E-state index in [9.17, 15) is 18.0 Å². The van der Waals surface area contributed by atoms with Gasteiger partial charge in [0.2, 0.25) is 15.9 Å². The van der Waals surface area contributed by atoms with Crippen molar-refractivity contribution in [2.75, 3.05) is 0 Å². The smallest absolute Gasteiger partial charge is 0.262 e. The van der Waals surface area contributed by atoms with Gasteiger partial charge in [-0.3, -0.25) is 9.59 Å². The molecule has 3 N–H and O–H groups in total. The monoisotopic (exact) mass is 437 g/mol. The SMILES string of the molecule is CC(C)NS(=O)(=O)c1cccc(CNC(=O)C(NC(=O)c2cccs2)C(C)C)c1. The van der Waals surface area contributed by atoms with Crippen LogP contribution in [0.25, 0.3) is 0 Å². The Labute approximate surface area is 176 Å². The molecule has 2 rings (SSSR count). The van der Waals surface area contributed by atoms with Gasteiger partial charge in [-0.05, 0) is 48.9 Å². The van der Waals surface area contributed by atoms with E-state index in [2.05, 4.69) is 15.4 Å². The Bertz CT molecular complexity index is 938. The summed E-state index contributed by atoms with van der Waals surface area (Å²) in [5, 5.41) is 7.35. The quantitative estimate of drug-likeness (QED) is 0.561. The predicted octanol–water partition coefficient (Wildman–Crippen LogP) is 2.51. The second-order valence-corrected chi connectivity index (χ2v) is 9.98. The molecule has 0 aliphatic rings. The molecule has 0 fully saturated rings. The fourth-order valence-electron chi connectivity index (χ4n) is 2.66. The molecule has 1 atom stereocenters. The van der Waals surface area contributed by atoms with Crippen LogP contribution in [0.15, 0.2) is 46.7 Å². The van der Waals surface area contributed by atoms with E-state index in [1.807, 2.05) is 13.8 Å². The molecule has 0 radical (unpaired) electrons. The van der Waals surface area contributed by atoms with Crippen molar-refractivity contribution in [2.45, 2.75) is 51.2 Å². The molecule has 2 aromatic rings. The van der Waals surface area contributed by atoms with E-state index in [0.29, 0.717) is 10.4 Å². The maximum absolute atomic E-state index is 12.6. The Balaban J connectivity index is 2.04. The lowest BCUT2D eigenvalue weighted by atomic mass is 10.0. The maximum Gasteiger partial charge on any atom is 0.262 e. The topological polar surface area (TPSA) is 104 Å². The van der Waals surface area contributed by atoms with Gasteiger partial charge in [0, 0.05) is 12.6 Å². The van der Waals surface area contributed by atoms with Crippen molar-refractivity contribution in [3.05, 3.63) is 52.2 Å². The highest BCUT2D eigenvalue weighted by Crippen LogP contribution is 2.13. The number of hydrogen-bond acceptors (Lipinski definition) is 5. The highest BCUT2D eigenvalue weighted by Gasteiger charge is 2.25. The zero-order valence-electron chi connectivity index (χ0n) is 16.9. The van der Waals surface area contributed by atoms with Crippen molar-refractivity contribution in [3.63, 3.8) is 0 Å². The fraction of sp³-hybridized carbons (Fsp3) is 0.400. The van der Waals surface area contributed by atoms with E-state index in [-0.39, 0.29) is 35.2 Å². The Morgan fingerprint density at radius 2 is 1.79 bits per heavy atom. The molecular weight excluding hydrogens is 410 g/mol. The van der Waals surface area contributed by atoms with Gasteiger partial charge in [-0.1, -0.05) is 32.0 Å². The van der Waals surface area contributed by atoms with E-state index in [1.54, 1.807) is 43.5 Å². The third kappa shape index (κ3) is 6.66. The van der Waals surface area contributed by atoms with Crippen LogP contribution in [0.5, 0.6) is 0 Å². The minimum atomic E-state index is -3.61. The minimum Gasteiger partial charge on any atom is -0.350 e. The zero-order valence-corrected chi connectivity index (χ0v) is 18.6. The molecule has 0 bridgehead atoms. The van der Waals surface area contributed by atoms with Crippen LogP contribution in [0.3, 0.4) is 0 Å². The molecule has 1 aromatic heterocycles. The van der Waals surface area contributed by atoms with Gasteiger partial charge < -0.3 is 10.6 Å². The van der Waals surface area contributed by atoms with Crippen LogP contribution in [-0.2, 0) is 21.4 Å². The minimum absolute atomic E-state index is 0.110. The van der Waals surface area contributed by atoms with E-state index in [0.717, 1.165) is 0 Å². The van der Waals surface area contributed by atoms with Crippen LogP contribution < -0.4 is 15.4 Å². The van der Waals surface area contributed by atoms with Crippen molar-refractivity contribution in [3.8, 4) is 0 Å². The van der Waals surface area contributed by atoms with Gasteiger partial charge in [-0.2, -0.15) is 0 Å². The molecule has 7 nitrogen and oxygen atoms in total. The fourth-order valence-corrected chi connectivity index (χ4v) is 4.60. The van der Waals surface area contributed by atoms with Crippen LogP contribution in [0.2, 0.25) is 0 Å². The lowest BCUT2D eigenvalue weighted by Gasteiger charge is -2.21. The Hall–Kier alpha value is -2.23. The molecular formula is C20H27N3O4S2. The molecule has 0 saturated heterocycles. The Morgan fingerprint density at radius 3 is 2.38 bits per heavy atom. The number of benzene rings is 1. The van der Waals surface area contributed by atoms with Gasteiger partial charge in [-0.25, -0.2) is 13.1 Å². The summed E-state index contributed by atoms with van der Waals surface area (Å²) in [6, 6.07) is 8.97. The van der Waals surface area contributed by atoms with E-state index < -0.39 is 16.1 Å². The summed E-state index contributed by atoms with van der Waals surface area (Å²) in [7, 11) is -3.61. The van der Waals surface area contributed by atoms with Gasteiger partial charge in [0.25, 0.3) is 5.91 Å². The second kappa shape index (κ2) is 10.00. The normalized spacial score (nSPS) is 12.8. The molecule has 1 heterocycles. The summed E-state index contributed by atoms with van der Waals surface area (Å²) < 4.78 is 27.2. The van der Waals surface area contributed by atoms with Gasteiger partial charge in [-0.15, -0.1) is 11.3 Å². The standard InChI is InChI=1S/C20H27N3O4S2/c1-13(2)18(22-19(24)17-9-6-10-28-17)20(25)21-12-15-7-5-8-16(11-15)29(26,27)23-14(3)4/h5-11,13-14,18,23H,12H2,1-4H3,(H,21,25)(H,22,24). The molecule has 1 unspecified atom stereocenters. The summed E-state index contributed by atoms with van der Waals surface area (Å²) >= 11 is 1.31. The van der Waals surface area contributed by atoms with Crippen LogP contribution in [0.1, 0.15) is 42.9 Å². The largest absolute Gasteiger partial charge is 0.350 e. The number of carbonyl (C=O) groups excluding carboxylic acids is 2. The lowest BCUT2D eigenvalue weighted by molar-refractivity contribution is -0.124. The molecule has 0 spiro atoms. The zero-order chi connectivity index (χ0) is 21.6. The Morgan fingerprint density at radius 1 is 1.07 bits per heavy atom. The number of sulfonamides is 1. The molecule has 0 aliphatic carbocycles. The average molecular weight is 438 g/mol. The number of hydrogen-bond donors (Lipinski definition) is 3. The van der Waals surface area contributed by atoms with Gasteiger partial charge in [0.05, 0.1) is 9.77 Å². The van der Waals surface area contributed by atoms with Crippen molar-refractivity contribution in [1.82, 2.24) is 15.4 Å². The summed E-state index contributed by atoms with van der Waals surface area (Å²) in [6.45, 7) is 7.35. The first-order valence-corrected chi connectivity index (χ1v) is 11.7. The third-order valence-corrected chi connectivity index (χ3v) is 6.57. The third-order valence-electron chi connectivity index (χ3n) is 4.05. The molecule has 9 heteroatoms. The van der Waals surface area contributed by atoms with Crippen LogP contribution in [0.4, 0.5) is 0 Å². The average Bonchev–Trinajstić information content (AvgIpc) is 3.18.